The van der Waals surface area contributed by atoms with Crippen molar-refractivity contribution in [2.24, 2.45) is 0 Å². The highest BCUT2D eigenvalue weighted by atomic mass is 19.4. The van der Waals surface area contributed by atoms with Crippen molar-refractivity contribution in [1.29, 1.82) is 0 Å². The van der Waals surface area contributed by atoms with Crippen LogP contribution in [-0.4, -0.2) is 21.7 Å². The van der Waals surface area contributed by atoms with Crippen LogP contribution in [0.1, 0.15) is 16.7 Å². The van der Waals surface area contributed by atoms with Gasteiger partial charge >= 0.3 is 6.36 Å². The topological polar surface area (TPSA) is 76.0 Å². The number of nitrogens with zero attached hydrogens (tertiary/aromatic N) is 2. The van der Waals surface area contributed by atoms with E-state index in [1.54, 1.807) is 12.3 Å². The average molecular weight is 448 g/mol. The second-order valence-electron chi connectivity index (χ2n) is 7.29. The summed E-state index contributed by atoms with van der Waals surface area (Å²) in [7, 11) is 0. The molecule has 6 nitrogen and oxygen atoms in total. The molecule has 0 atom stereocenters. The van der Waals surface area contributed by atoms with E-state index in [9.17, 15) is 13.2 Å². The second kappa shape index (κ2) is 7.91. The van der Waals surface area contributed by atoms with E-state index in [0.717, 1.165) is 22.0 Å². The number of nitrogens with one attached hydrogen (secondary N) is 2. The zero-order chi connectivity index (χ0) is 23.0. The number of aromatic nitrogens is 3. The summed E-state index contributed by atoms with van der Waals surface area (Å²) >= 11 is 0. The molecule has 5 rings (SSSR count). The Labute approximate surface area is 185 Å². The number of halogens is 3. The quantitative estimate of drug-likeness (QED) is 0.329. The molecule has 0 amide bonds. The third kappa shape index (κ3) is 4.32. The SMILES string of the molecule is Cc1ccc2c(Nc3cccc(OC(F)(F)F)c3)noc2c1C#Cc1ccc2cn[nH]c2c1. The van der Waals surface area contributed by atoms with E-state index < -0.39 is 6.36 Å². The van der Waals surface area contributed by atoms with Gasteiger partial charge in [-0.15, -0.1) is 13.2 Å². The van der Waals surface area contributed by atoms with Crippen molar-refractivity contribution in [3.8, 4) is 17.6 Å². The molecule has 0 spiro atoms. The lowest BCUT2D eigenvalue weighted by molar-refractivity contribution is -0.274. The van der Waals surface area contributed by atoms with Crippen LogP contribution in [0.3, 0.4) is 0 Å². The lowest BCUT2D eigenvalue weighted by Crippen LogP contribution is -2.17. The normalized spacial score (nSPS) is 11.4. The summed E-state index contributed by atoms with van der Waals surface area (Å²) in [5, 5.41) is 15.6. The average Bonchev–Trinajstić information content (AvgIpc) is 3.39. The summed E-state index contributed by atoms with van der Waals surface area (Å²) in [6.07, 6.45) is -3.03. The molecule has 0 radical (unpaired) electrons. The van der Waals surface area contributed by atoms with E-state index in [0.29, 0.717) is 28.0 Å². The van der Waals surface area contributed by atoms with Crippen molar-refractivity contribution in [3.63, 3.8) is 0 Å². The van der Waals surface area contributed by atoms with Gasteiger partial charge in [-0.1, -0.05) is 29.1 Å². The predicted octanol–water partition coefficient (Wildman–Crippen LogP) is 6.05. The highest BCUT2D eigenvalue weighted by Gasteiger charge is 2.31. The van der Waals surface area contributed by atoms with Crippen LogP contribution in [0, 0.1) is 18.8 Å². The molecule has 0 aliphatic rings. The molecule has 2 heterocycles. The van der Waals surface area contributed by atoms with E-state index in [4.69, 9.17) is 4.52 Å². The van der Waals surface area contributed by atoms with E-state index >= 15 is 0 Å². The number of hydrogen-bond donors (Lipinski definition) is 2. The Bertz CT molecular complexity index is 1540. The summed E-state index contributed by atoms with van der Waals surface area (Å²) in [5.41, 5.74) is 4.12. The van der Waals surface area contributed by atoms with Crippen LogP contribution in [0.5, 0.6) is 5.75 Å². The van der Waals surface area contributed by atoms with E-state index in [-0.39, 0.29) is 5.75 Å². The first-order valence-electron chi connectivity index (χ1n) is 9.83. The Morgan fingerprint density at radius 1 is 1.06 bits per heavy atom. The van der Waals surface area contributed by atoms with E-state index in [2.05, 4.69) is 37.2 Å². The van der Waals surface area contributed by atoms with Crippen molar-refractivity contribution in [2.75, 3.05) is 5.32 Å². The van der Waals surface area contributed by atoms with Gasteiger partial charge in [0.1, 0.15) is 5.75 Å². The molecule has 0 aliphatic carbocycles. The van der Waals surface area contributed by atoms with Gasteiger partial charge in [0, 0.05) is 22.7 Å². The highest BCUT2D eigenvalue weighted by molar-refractivity contribution is 5.94. The second-order valence-corrected chi connectivity index (χ2v) is 7.29. The van der Waals surface area contributed by atoms with Crippen LogP contribution in [0.25, 0.3) is 21.9 Å². The van der Waals surface area contributed by atoms with E-state index in [1.165, 1.54) is 18.2 Å². The number of ether oxygens (including phenoxy) is 1. The molecule has 0 fully saturated rings. The molecule has 0 bridgehead atoms. The Hall–Kier alpha value is -4.45. The molecule has 9 heteroatoms. The van der Waals surface area contributed by atoms with Crippen molar-refractivity contribution >= 4 is 33.4 Å². The van der Waals surface area contributed by atoms with Gasteiger partial charge in [-0.25, -0.2) is 0 Å². The highest BCUT2D eigenvalue weighted by Crippen LogP contribution is 2.31. The van der Waals surface area contributed by atoms with Crippen molar-refractivity contribution in [3.05, 3.63) is 77.5 Å². The van der Waals surface area contributed by atoms with Crippen LogP contribution < -0.4 is 10.1 Å². The number of aryl methyl sites for hydroxylation is 1. The number of fused-ring (bicyclic) bond motifs is 2. The van der Waals surface area contributed by atoms with Gasteiger partial charge in [0.2, 0.25) is 0 Å². The van der Waals surface area contributed by atoms with Crippen LogP contribution in [0.4, 0.5) is 24.7 Å². The first-order chi connectivity index (χ1) is 15.9. The smallest absolute Gasteiger partial charge is 0.406 e. The minimum Gasteiger partial charge on any atom is -0.406 e. The van der Waals surface area contributed by atoms with Crippen molar-refractivity contribution in [1.82, 2.24) is 15.4 Å². The summed E-state index contributed by atoms with van der Waals surface area (Å²) < 4.78 is 47.0. The summed E-state index contributed by atoms with van der Waals surface area (Å²) in [4.78, 5) is 0. The lowest BCUT2D eigenvalue weighted by Gasteiger charge is -2.10. The number of H-pyrrole nitrogens is 1. The van der Waals surface area contributed by atoms with Crippen molar-refractivity contribution in [2.45, 2.75) is 13.3 Å². The Balaban J connectivity index is 1.47. The van der Waals surface area contributed by atoms with Crippen LogP contribution >= 0.6 is 0 Å². The standard InChI is InChI=1S/C24H15F3N4O2/c1-14-5-9-20-22(19(14)10-7-15-6-8-16-13-28-30-21(16)11-15)33-31-23(20)29-17-3-2-4-18(12-17)32-24(25,26)27/h2-6,8-9,11-13H,1H3,(H,28,30)(H,29,31). The molecule has 2 N–H and O–H groups in total. The molecule has 0 saturated carbocycles. The molecular formula is C24H15F3N4O2. The maximum atomic E-state index is 12.5. The first-order valence-corrected chi connectivity index (χ1v) is 9.83. The fraction of sp³-hybridized carbons (Fsp3) is 0.0833. The maximum Gasteiger partial charge on any atom is 0.573 e. The molecule has 2 aromatic heterocycles. The van der Waals surface area contributed by atoms with Gasteiger partial charge in [-0.2, -0.15) is 5.10 Å². The van der Waals surface area contributed by atoms with Gasteiger partial charge < -0.3 is 14.6 Å². The molecule has 0 saturated heterocycles. The number of alkyl halides is 3. The van der Waals surface area contributed by atoms with E-state index in [1.807, 2.05) is 37.3 Å². The molecule has 33 heavy (non-hydrogen) atoms. The van der Waals surface area contributed by atoms with Crippen LogP contribution in [-0.2, 0) is 0 Å². The molecule has 5 aromatic rings. The van der Waals surface area contributed by atoms with Gasteiger partial charge in [0.05, 0.1) is 22.7 Å². The molecular weight excluding hydrogens is 433 g/mol. The van der Waals surface area contributed by atoms with Crippen molar-refractivity contribution < 1.29 is 22.4 Å². The van der Waals surface area contributed by atoms with Crippen LogP contribution in [0.15, 0.2) is 65.3 Å². The third-order valence-corrected chi connectivity index (χ3v) is 4.95. The number of hydrogen-bond acceptors (Lipinski definition) is 5. The monoisotopic (exact) mass is 448 g/mol. The summed E-state index contributed by atoms with van der Waals surface area (Å²) in [6.45, 7) is 1.91. The van der Waals surface area contributed by atoms with Gasteiger partial charge in [0.25, 0.3) is 0 Å². The van der Waals surface area contributed by atoms with Gasteiger partial charge in [0.15, 0.2) is 11.4 Å². The van der Waals surface area contributed by atoms with Gasteiger partial charge in [-0.3, -0.25) is 5.10 Å². The molecule has 164 valence electrons. The summed E-state index contributed by atoms with van der Waals surface area (Å²) in [5.74, 6) is 6.31. The van der Waals surface area contributed by atoms with Gasteiger partial charge in [-0.05, 0) is 48.9 Å². The van der Waals surface area contributed by atoms with Crippen LogP contribution in [0.2, 0.25) is 0 Å². The molecule has 3 aromatic carbocycles. The number of anilines is 2. The fourth-order valence-corrected chi connectivity index (χ4v) is 3.41. The predicted molar refractivity (Wildman–Crippen MR) is 117 cm³/mol. The minimum atomic E-state index is -4.77. The molecule has 0 aliphatic heterocycles. The molecule has 0 unspecified atom stereocenters. The third-order valence-electron chi connectivity index (χ3n) is 4.95. The first kappa shape index (κ1) is 20.5. The zero-order valence-corrected chi connectivity index (χ0v) is 17.1. The largest absolute Gasteiger partial charge is 0.573 e. The minimum absolute atomic E-state index is 0.336. The zero-order valence-electron chi connectivity index (χ0n) is 17.1. The Kier molecular flexibility index (Phi) is 4.90. The summed E-state index contributed by atoms with van der Waals surface area (Å²) in [6, 6.07) is 15.0. The number of rotatable bonds is 3. The Morgan fingerprint density at radius 2 is 1.94 bits per heavy atom. The fourth-order valence-electron chi connectivity index (χ4n) is 3.41. The number of benzene rings is 3. The number of aromatic amines is 1. The Morgan fingerprint density at radius 3 is 2.79 bits per heavy atom. The maximum absolute atomic E-state index is 12.5. The lowest BCUT2D eigenvalue weighted by atomic mass is 10.1.